The first-order chi connectivity index (χ1) is 9.42. The summed E-state index contributed by atoms with van der Waals surface area (Å²) < 4.78 is 7.52. The summed E-state index contributed by atoms with van der Waals surface area (Å²) in [6, 6.07) is 3.65. The highest BCUT2D eigenvalue weighted by Crippen LogP contribution is 2.26. The van der Waals surface area contributed by atoms with Crippen LogP contribution in [0.1, 0.15) is 39.0 Å². The van der Waals surface area contributed by atoms with Gasteiger partial charge in [-0.05, 0) is 18.6 Å². The summed E-state index contributed by atoms with van der Waals surface area (Å²) in [6.45, 7) is 9.01. The quantitative estimate of drug-likeness (QED) is 0.932. The van der Waals surface area contributed by atoms with Gasteiger partial charge in [-0.2, -0.15) is 5.10 Å². The molecule has 0 radical (unpaired) electrons. The second-order valence-electron chi connectivity index (χ2n) is 5.74. The molecule has 0 amide bonds. The maximum absolute atomic E-state index is 9.36. The van der Waals surface area contributed by atoms with Gasteiger partial charge in [-0.3, -0.25) is 4.68 Å². The first-order valence-corrected chi connectivity index (χ1v) is 6.75. The molecule has 2 aromatic rings. The molecule has 5 heteroatoms. The van der Waals surface area contributed by atoms with Crippen molar-refractivity contribution in [3.63, 3.8) is 0 Å². The maximum Gasteiger partial charge on any atom is 0.219 e. The maximum atomic E-state index is 9.36. The van der Waals surface area contributed by atoms with Crippen molar-refractivity contribution < 1.29 is 9.84 Å². The first kappa shape index (κ1) is 14.5. The summed E-state index contributed by atoms with van der Waals surface area (Å²) in [4.78, 5) is 4.51. The fourth-order valence-corrected chi connectivity index (χ4v) is 1.78. The van der Waals surface area contributed by atoms with Gasteiger partial charge in [-0.25, -0.2) is 4.98 Å². The Balaban J connectivity index is 2.31. The lowest BCUT2D eigenvalue weighted by molar-refractivity contribution is 0.280. The van der Waals surface area contributed by atoms with Gasteiger partial charge >= 0.3 is 0 Å². The molecule has 0 atom stereocenters. The van der Waals surface area contributed by atoms with Gasteiger partial charge in [0.1, 0.15) is 0 Å². The van der Waals surface area contributed by atoms with Crippen LogP contribution < -0.4 is 4.74 Å². The molecule has 0 aliphatic heterocycles. The number of rotatable bonds is 4. The molecule has 0 aliphatic carbocycles. The largest absolute Gasteiger partial charge is 0.436 e. The van der Waals surface area contributed by atoms with E-state index in [-0.39, 0.29) is 12.0 Å². The van der Waals surface area contributed by atoms with Crippen molar-refractivity contribution in [3.8, 4) is 11.6 Å². The van der Waals surface area contributed by atoms with Crippen molar-refractivity contribution in [3.05, 3.63) is 35.8 Å². The second-order valence-corrected chi connectivity index (χ2v) is 5.74. The van der Waals surface area contributed by atoms with Gasteiger partial charge in [0, 0.05) is 18.0 Å². The highest BCUT2D eigenvalue weighted by Gasteiger charge is 2.18. The number of nitrogens with zero attached hydrogens (tertiary/aromatic N) is 3. The van der Waals surface area contributed by atoms with E-state index < -0.39 is 0 Å². The number of hydrogen-bond donors (Lipinski definition) is 1. The first-order valence-electron chi connectivity index (χ1n) is 6.75. The molecule has 0 aromatic carbocycles. The summed E-state index contributed by atoms with van der Waals surface area (Å²) in [7, 11) is 0. The van der Waals surface area contributed by atoms with Crippen LogP contribution in [-0.4, -0.2) is 19.9 Å². The van der Waals surface area contributed by atoms with Crippen molar-refractivity contribution in [1.82, 2.24) is 14.8 Å². The third kappa shape index (κ3) is 3.36. The Hall–Kier alpha value is -1.88. The Bertz CT molecular complexity index is 585. The Labute approximate surface area is 119 Å². The van der Waals surface area contributed by atoms with Crippen LogP contribution >= 0.6 is 0 Å². The summed E-state index contributed by atoms with van der Waals surface area (Å²) in [5, 5.41) is 13.5. The van der Waals surface area contributed by atoms with E-state index in [2.05, 4.69) is 30.9 Å². The summed E-state index contributed by atoms with van der Waals surface area (Å²) >= 11 is 0. The zero-order valence-corrected chi connectivity index (χ0v) is 12.4. The van der Waals surface area contributed by atoms with E-state index in [0.29, 0.717) is 11.6 Å². The molecule has 0 spiro atoms. The van der Waals surface area contributed by atoms with E-state index in [1.807, 2.05) is 19.2 Å². The lowest BCUT2D eigenvalue weighted by atomic mass is 9.91. The Morgan fingerprint density at radius 1 is 1.30 bits per heavy atom. The Morgan fingerprint density at radius 3 is 2.60 bits per heavy atom. The third-order valence-corrected chi connectivity index (χ3v) is 2.97. The van der Waals surface area contributed by atoms with Crippen LogP contribution in [-0.2, 0) is 18.6 Å². The Morgan fingerprint density at radius 2 is 2.05 bits per heavy atom. The highest BCUT2D eigenvalue weighted by molar-refractivity contribution is 5.30. The van der Waals surface area contributed by atoms with Gasteiger partial charge in [0.25, 0.3) is 0 Å². The molecule has 0 aliphatic rings. The van der Waals surface area contributed by atoms with E-state index in [4.69, 9.17) is 4.74 Å². The summed E-state index contributed by atoms with van der Waals surface area (Å²) in [6.07, 6.45) is 3.48. The molecule has 1 N–H and O–H groups in total. The molecule has 2 aromatic heterocycles. The van der Waals surface area contributed by atoms with E-state index in [1.165, 1.54) is 0 Å². The third-order valence-electron chi connectivity index (χ3n) is 2.97. The topological polar surface area (TPSA) is 60.2 Å². The minimum absolute atomic E-state index is 0.0316. The van der Waals surface area contributed by atoms with Gasteiger partial charge in [0.15, 0.2) is 5.75 Å². The molecule has 0 bridgehead atoms. The van der Waals surface area contributed by atoms with E-state index >= 15 is 0 Å². The molecule has 0 unspecified atom stereocenters. The van der Waals surface area contributed by atoms with Crippen LogP contribution in [0, 0.1) is 0 Å². The van der Waals surface area contributed by atoms with Crippen molar-refractivity contribution in [2.24, 2.45) is 0 Å². The van der Waals surface area contributed by atoms with E-state index in [9.17, 15) is 5.11 Å². The van der Waals surface area contributed by atoms with Crippen molar-refractivity contribution in [2.45, 2.75) is 46.3 Å². The van der Waals surface area contributed by atoms with Crippen molar-refractivity contribution in [1.29, 1.82) is 0 Å². The SMILES string of the molecule is CCn1cc(Oc2cc(CO)cc(C(C)(C)C)n2)cn1. The van der Waals surface area contributed by atoms with E-state index in [0.717, 1.165) is 17.8 Å². The predicted molar refractivity (Wildman–Crippen MR) is 76.8 cm³/mol. The number of pyridine rings is 1. The average Bonchev–Trinajstić information content (AvgIpc) is 2.85. The molecule has 0 saturated heterocycles. The van der Waals surface area contributed by atoms with Gasteiger partial charge in [-0.15, -0.1) is 0 Å². The average molecular weight is 275 g/mol. The molecule has 20 heavy (non-hydrogen) atoms. The smallest absolute Gasteiger partial charge is 0.219 e. The zero-order chi connectivity index (χ0) is 14.8. The predicted octanol–water partition coefficient (Wildman–Crippen LogP) is 2.88. The molecular weight excluding hydrogens is 254 g/mol. The van der Waals surface area contributed by atoms with Crippen molar-refractivity contribution in [2.75, 3.05) is 0 Å². The van der Waals surface area contributed by atoms with Gasteiger partial charge < -0.3 is 9.84 Å². The van der Waals surface area contributed by atoms with Gasteiger partial charge in [-0.1, -0.05) is 20.8 Å². The normalized spacial score (nSPS) is 11.7. The highest BCUT2D eigenvalue weighted by atomic mass is 16.5. The van der Waals surface area contributed by atoms with Crippen LogP contribution in [0.25, 0.3) is 0 Å². The molecule has 0 saturated carbocycles. The van der Waals surface area contributed by atoms with Gasteiger partial charge in [0.05, 0.1) is 24.7 Å². The van der Waals surface area contributed by atoms with Crippen LogP contribution in [0.5, 0.6) is 11.6 Å². The number of aryl methyl sites for hydroxylation is 1. The molecule has 5 nitrogen and oxygen atoms in total. The lowest BCUT2D eigenvalue weighted by Gasteiger charge is -2.19. The fraction of sp³-hybridized carbons (Fsp3) is 0.467. The molecule has 2 rings (SSSR count). The molecule has 2 heterocycles. The number of aromatic nitrogens is 3. The second kappa shape index (κ2) is 5.63. The van der Waals surface area contributed by atoms with Crippen LogP contribution in [0.2, 0.25) is 0 Å². The molecular formula is C15H21N3O2. The van der Waals surface area contributed by atoms with Crippen LogP contribution in [0.15, 0.2) is 24.5 Å². The van der Waals surface area contributed by atoms with Crippen LogP contribution in [0.4, 0.5) is 0 Å². The summed E-state index contributed by atoms with van der Waals surface area (Å²) in [5.41, 5.74) is 1.58. The Kier molecular flexibility index (Phi) is 4.09. The standard InChI is InChI=1S/C15H21N3O2/c1-5-18-9-12(8-16-18)20-14-7-11(10-19)6-13(17-14)15(2,3)4/h6-9,19H,5,10H2,1-4H3. The monoisotopic (exact) mass is 275 g/mol. The minimum atomic E-state index is -0.100. The lowest BCUT2D eigenvalue weighted by Crippen LogP contribution is -2.14. The summed E-state index contributed by atoms with van der Waals surface area (Å²) in [5.74, 6) is 1.13. The molecule has 108 valence electrons. The van der Waals surface area contributed by atoms with E-state index in [1.54, 1.807) is 16.9 Å². The minimum Gasteiger partial charge on any atom is -0.436 e. The fourth-order valence-electron chi connectivity index (χ4n) is 1.78. The van der Waals surface area contributed by atoms with Crippen LogP contribution in [0.3, 0.4) is 0 Å². The number of aliphatic hydroxyl groups is 1. The number of ether oxygens (including phenoxy) is 1. The molecule has 0 fully saturated rings. The zero-order valence-electron chi connectivity index (χ0n) is 12.4. The number of aliphatic hydroxyl groups excluding tert-OH is 1. The van der Waals surface area contributed by atoms with Crippen molar-refractivity contribution >= 4 is 0 Å². The van der Waals surface area contributed by atoms with Gasteiger partial charge in [0.2, 0.25) is 5.88 Å². The number of hydrogen-bond acceptors (Lipinski definition) is 4.